The summed E-state index contributed by atoms with van der Waals surface area (Å²) in [5.74, 6) is 1.79. The van der Waals surface area contributed by atoms with E-state index in [0.717, 1.165) is 22.6 Å². The van der Waals surface area contributed by atoms with E-state index in [-0.39, 0.29) is 11.9 Å². The number of imidazole rings is 1. The number of anilines is 3. The van der Waals surface area contributed by atoms with E-state index in [4.69, 9.17) is 0 Å². The summed E-state index contributed by atoms with van der Waals surface area (Å²) < 4.78 is 15.7. The highest BCUT2D eigenvalue weighted by molar-refractivity contribution is 5.92. The van der Waals surface area contributed by atoms with Gasteiger partial charge in [-0.2, -0.15) is 10.1 Å². The SMILES string of the molecule is CC1(F)CC(NC(=O)c2cn3c(n2)CN(c2nccc(Nc4ccc(-c5cn[nH]c5)cc4)n2)CC3)C1. The van der Waals surface area contributed by atoms with E-state index in [0.29, 0.717) is 49.9 Å². The predicted octanol–water partition coefficient (Wildman–Crippen LogP) is 3.45. The molecule has 1 amide bonds. The maximum atomic E-state index is 13.7. The van der Waals surface area contributed by atoms with Crippen molar-refractivity contribution in [3.8, 4) is 11.1 Å². The molecule has 1 fully saturated rings. The minimum Gasteiger partial charge on any atom is -0.348 e. The zero-order valence-electron chi connectivity index (χ0n) is 19.8. The van der Waals surface area contributed by atoms with Crippen LogP contribution in [0.3, 0.4) is 0 Å². The van der Waals surface area contributed by atoms with E-state index in [1.807, 2.05) is 46.0 Å². The number of H-pyrrole nitrogens is 1. The highest BCUT2D eigenvalue weighted by Gasteiger charge is 2.41. The number of aromatic nitrogens is 6. The Kier molecular flexibility index (Phi) is 5.39. The van der Waals surface area contributed by atoms with Gasteiger partial charge in [-0.3, -0.25) is 9.89 Å². The Morgan fingerprint density at radius 3 is 2.72 bits per heavy atom. The molecule has 4 aromatic rings. The largest absolute Gasteiger partial charge is 0.348 e. The molecule has 1 saturated carbocycles. The molecule has 0 atom stereocenters. The van der Waals surface area contributed by atoms with Gasteiger partial charge in [0.05, 0.1) is 12.7 Å². The molecule has 1 aliphatic carbocycles. The van der Waals surface area contributed by atoms with Crippen LogP contribution in [0, 0.1) is 0 Å². The first-order valence-corrected chi connectivity index (χ1v) is 11.9. The summed E-state index contributed by atoms with van der Waals surface area (Å²) in [6.45, 7) is 3.40. The highest BCUT2D eigenvalue weighted by Crippen LogP contribution is 2.35. The van der Waals surface area contributed by atoms with E-state index >= 15 is 0 Å². The average Bonchev–Trinajstić information content (AvgIpc) is 3.53. The van der Waals surface area contributed by atoms with Gasteiger partial charge >= 0.3 is 0 Å². The smallest absolute Gasteiger partial charge is 0.271 e. The third-order valence-electron chi connectivity index (χ3n) is 6.63. The summed E-state index contributed by atoms with van der Waals surface area (Å²) in [4.78, 5) is 28.3. The number of hydrogen-bond acceptors (Lipinski definition) is 7. The number of fused-ring (bicyclic) bond motifs is 1. The molecule has 3 aromatic heterocycles. The Balaban J connectivity index is 1.11. The van der Waals surface area contributed by atoms with Crippen molar-refractivity contribution in [1.29, 1.82) is 0 Å². The number of nitrogens with zero attached hydrogens (tertiary/aromatic N) is 6. The Bertz CT molecular complexity index is 1370. The van der Waals surface area contributed by atoms with E-state index < -0.39 is 5.67 Å². The number of halogens is 1. The number of aromatic amines is 1. The third-order valence-corrected chi connectivity index (χ3v) is 6.63. The second-order valence-corrected chi connectivity index (χ2v) is 9.58. The number of rotatable bonds is 6. The normalized spacial score (nSPS) is 20.9. The highest BCUT2D eigenvalue weighted by atomic mass is 19.1. The molecule has 1 aromatic carbocycles. The monoisotopic (exact) mass is 487 g/mol. The molecule has 36 heavy (non-hydrogen) atoms. The van der Waals surface area contributed by atoms with Gasteiger partial charge in [-0.1, -0.05) is 12.1 Å². The van der Waals surface area contributed by atoms with E-state index in [1.54, 1.807) is 25.5 Å². The van der Waals surface area contributed by atoms with Gasteiger partial charge in [0.2, 0.25) is 5.95 Å². The lowest BCUT2D eigenvalue weighted by Crippen LogP contribution is -2.51. The zero-order chi connectivity index (χ0) is 24.7. The molecule has 1 aliphatic heterocycles. The van der Waals surface area contributed by atoms with Crippen LogP contribution in [0.15, 0.2) is 55.1 Å². The molecule has 0 unspecified atom stereocenters. The number of amides is 1. The molecular formula is C25H26FN9O. The Morgan fingerprint density at radius 1 is 1.14 bits per heavy atom. The van der Waals surface area contributed by atoms with Crippen molar-refractivity contribution in [2.24, 2.45) is 0 Å². The molecule has 3 N–H and O–H groups in total. The Hall–Kier alpha value is -4.28. The summed E-state index contributed by atoms with van der Waals surface area (Å²) in [6, 6.07) is 9.72. The standard InChI is InChI=1S/C25H26FN9O/c1-25(26)10-19(11-25)31-23(36)20-14-34-8-9-35(15-22(34)32-20)24-27-7-6-21(33-24)30-18-4-2-16(3-5-18)17-12-28-29-13-17/h2-7,12-14,19H,8-11,15H2,1H3,(H,28,29)(H,31,36)(H,27,30,33). The number of nitrogens with one attached hydrogen (secondary N) is 3. The number of carbonyl (C=O) groups excluding carboxylic acids is 1. The lowest BCUT2D eigenvalue weighted by molar-refractivity contribution is 0.0443. The number of alkyl halides is 1. The predicted molar refractivity (Wildman–Crippen MR) is 133 cm³/mol. The van der Waals surface area contributed by atoms with Gasteiger partial charge in [-0.15, -0.1) is 0 Å². The second kappa shape index (κ2) is 8.74. The van der Waals surface area contributed by atoms with Crippen LogP contribution < -0.4 is 15.5 Å². The fourth-order valence-corrected chi connectivity index (χ4v) is 4.73. The lowest BCUT2D eigenvalue weighted by atomic mass is 9.79. The summed E-state index contributed by atoms with van der Waals surface area (Å²) in [5, 5.41) is 13.0. The van der Waals surface area contributed by atoms with Crippen molar-refractivity contribution >= 4 is 23.4 Å². The van der Waals surface area contributed by atoms with Crippen LogP contribution in [0.25, 0.3) is 11.1 Å². The summed E-state index contributed by atoms with van der Waals surface area (Å²) in [7, 11) is 0. The van der Waals surface area contributed by atoms with Gasteiger partial charge in [0.15, 0.2) is 0 Å². The van der Waals surface area contributed by atoms with Crippen LogP contribution in [0.1, 0.15) is 36.1 Å². The van der Waals surface area contributed by atoms with Gasteiger partial charge < -0.3 is 20.1 Å². The van der Waals surface area contributed by atoms with Crippen LogP contribution in [0.2, 0.25) is 0 Å². The maximum absolute atomic E-state index is 13.7. The van der Waals surface area contributed by atoms with Crippen molar-refractivity contribution < 1.29 is 9.18 Å². The van der Waals surface area contributed by atoms with E-state index in [9.17, 15) is 9.18 Å². The molecule has 0 radical (unpaired) electrons. The van der Waals surface area contributed by atoms with Crippen LogP contribution in [-0.2, 0) is 13.1 Å². The van der Waals surface area contributed by atoms with Crippen molar-refractivity contribution in [2.75, 3.05) is 16.8 Å². The van der Waals surface area contributed by atoms with Gasteiger partial charge in [0.1, 0.15) is 23.0 Å². The van der Waals surface area contributed by atoms with Gasteiger partial charge in [-0.05, 0) is 30.7 Å². The number of hydrogen-bond donors (Lipinski definition) is 3. The number of benzene rings is 1. The first-order valence-electron chi connectivity index (χ1n) is 11.9. The third kappa shape index (κ3) is 4.51. The molecule has 4 heterocycles. The van der Waals surface area contributed by atoms with E-state index in [2.05, 4.69) is 35.8 Å². The minimum atomic E-state index is -1.18. The van der Waals surface area contributed by atoms with Gasteiger partial charge in [0.25, 0.3) is 5.91 Å². The second-order valence-electron chi connectivity index (χ2n) is 9.58. The first kappa shape index (κ1) is 22.2. The molecule has 10 nitrogen and oxygen atoms in total. The first-order chi connectivity index (χ1) is 17.4. The molecule has 0 spiro atoms. The summed E-state index contributed by atoms with van der Waals surface area (Å²) in [6.07, 6.45) is 7.82. The van der Waals surface area contributed by atoms with Crippen molar-refractivity contribution in [3.05, 3.63) is 66.6 Å². The maximum Gasteiger partial charge on any atom is 0.271 e. The molecular weight excluding hydrogens is 461 g/mol. The fraction of sp³-hybridized carbons (Fsp3) is 0.320. The van der Waals surface area contributed by atoms with Gasteiger partial charge in [-0.25, -0.2) is 14.4 Å². The minimum absolute atomic E-state index is 0.131. The van der Waals surface area contributed by atoms with Crippen molar-refractivity contribution in [3.63, 3.8) is 0 Å². The van der Waals surface area contributed by atoms with Crippen LogP contribution in [0.4, 0.5) is 21.8 Å². The number of carbonyl (C=O) groups is 1. The van der Waals surface area contributed by atoms with Crippen molar-refractivity contribution in [2.45, 2.75) is 44.6 Å². The van der Waals surface area contributed by atoms with Crippen LogP contribution in [0.5, 0.6) is 0 Å². The fourth-order valence-electron chi connectivity index (χ4n) is 4.73. The Labute approximate surface area is 207 Å². The van der Waals surface area contributed by atoms with Crippen molar-refractivity contribution in [1.82, 2.24) is 35.0 Å². The molecule has 0 saturated heterocycles. The topological polar surface area (TPSA) is 117 Å². The zero-order valence-corrected chi connectivity index (χ0v) is 19.8. The van der Waals surface area contributed by atoms with Crippen LogP contribution in [-0.4, -0.2) is 53.9 Å². The van der Waals surface area contributed by atoms with Gasteiger partial charge in [0, 0.05) is 61.8 Å². The molecule has 0 bridgehead atoms. The molecule has 2 aliphatic rings. The van der Waals surface area contributed by atoms with E-state index in [1.165, 1.54) is 0 Å². The quantitative estimate of drug-likeness (QED) is 0.381. The lowest BCUT2D eigenvalue weighted by Gasteiger charge is -2.38. The summed E-state index contributed by atoms with van der Waals surface area (Å²) >= 11 is 0. The Morgan fingerprint density at radius 2 is 1.97 bits per heavy atom. The summed E-state index contributed by atoms with van der Waals surface area (Å²) in [5.41, 5.74) is 2.19. The molecule has 6 rings (SSSR count). The molecule has 184 valence electrons. The molecule has 11 heteroatoms. The van der Waals surface area contributed by atoms with Crippen LogP contribution >= 0.6 is 0 Å². The average molecular weight is 488 g/mol.